The molecule has 0 bridgehead atoms. The van der Waals surface area contributed by atoms with Crippen LogP contribution >= 0.6 is 0 Å². The Balaban J connectivity index is 1.71. The van der Waals surface area contributed by atoms with Gasteiger partial charge >= 0.3 is 19.3 Å². The average molecular weight is 438 g/mol. The summed E-state index contributed by atoms with van der Waals surface area (Å²) in [5.74, 6) is -1.41. The van der Waals surface area contributed by atoms with Crippen LogP contribution in [0, 0.1) is 12.7 Å². The van der Waals surface area contributed by atoms with Crippen LogP contribution < -0.4 is 16.1 Å². The molecule has 1 saturated heterocycles. The van der Waals surface area contributed by atoms with Gasteiger partial charge in [0.2, 0.25) is 0 Å². The molecular weight excluding hydrogens is 415 g/mol. The number of amides is 2. The molecule has 0 aromatic heterocycles. The van der Waals surface area contributed by atoms with Crippen molar-refractivity contribution in [3.8, 4) is 0 Å². The molecule has 1 aliphatic rings. The van der Waals surface area contributed by atoms with Gasteiger partial charge in [0.1, 0.15) is 5.82 Å². The summed E-state index contributed by atoms with van der Waals surface area (Å²) in [7, 11) is -0.563. The Morgan fingerprint density at radius 2 is 1.58 bits per heavy atom. The number of rotatable bonds is 3. The molecule has 1 fully saturated rings. The van der Waals surface area contributed by atoms with E-state index >= 15 is 0 Å². The maximum atomic E-state index is 13.4. The van der Waals surface area contributed by atoms with E-state index in [-0.39, 0.29) is 5.69 Å². The summed E-state index contributed by atoms with van der Waals surface area (Å²) in [4.78, 5) is 12.2. The van der Waals surface area contributed by atoms with Crippen LogP contribution in [0.3, 0.4) is 0 Å². The molecule has 2 aromatic carbocycles. The molecule has 166 valence electrons. The molecule has 0 unspecified atom stereocenters. The molecule has 2 amide bonds. The summed E-state index contributed by atoms with van der Waals surface area (Å²) < 4.78 is 63.9. The molecule has 1 aliphatic heterocycles. The summed E-state index contributed by atoms with van der Waals surface area (Å²) in [6.45, 7) is 9.54. The van der Waals surface area contributed by atoms with Crippen molar-refractivity contribution in [2.45, 2.75) is 52.0 Å². The lowest BCUT2D eigenvalue weighted by Crippen LogP contribution is -2.41. The zero-order valence-electron chi connectivity index (χ0n) is 17.8. The predicted molar refractivity (Wildman–Crippen MR) is 111 cm³/mol. The highest BCUT2D eigenvalue weighted by Gasteiger charge is 2.51. The third-order valence-electron chi connectivity index (χ3n) is 5.55. The van der Waals surface area contributed by atoms with E-state index in [4.69, 9.17) is 9.31 Å². The summed E-state index contributed by atoms with van der Waals surface area (Å²) in [5.41, 5.74) is -0.686. The standard InChI is InChI=1S/C21H23BF4N2O3/c1-12-10-13(22-30-19(2,3)20(4,5)31-22)6-9-17(12)28-18(29)27-14-7-8-16(23)15(11-14)21(24,25)26/h6-11H,1-5H3,(H2,27,28,29). The normalized spacial score (nSPS) is 17.5. The molecule has 3 rings (SSSR count). The van der Waals surface area contributed by atoms with Crippen molar-refractivity contribution in [3.63, 3.8) is 0 Å². The highest BCUT2D eigenvalue weighted by atomic mass is 19.4. The Morgan fingerprint density at radius 3 is 2.13 bits per heavy atom. The molecule has 2 N–H and O–H groups in total. The predicted octanol–water partition coefficient (Wildman–Crippen LogP) is 5.10. The highest BCUT2D eigenvalue weighted by molar-refractivity contribution is 6.62. The summed E-state index contributed by atoms with van der Waals surface area (Å²) in [5, 5.41) is 4.86. The number of carbonyl (C=O) groups excluding carboxylic acids is 1. The van der Waals surface area contributed by atoms with Crippen molar-refractivity contribution in [1.82, 2.24) is 0 Å². The first-order valence-electron chi connectivity index (χ1n) is 9.60. The largest absolute Gasteiger partial charge is 0.494 e. The third kappa shape index (κ3) is 4.85. The Bertz CT molecular complexity index is 993. The number of aryl methyl sites for hydroxylation is 1. The first kappa shape index (κ1) is 23.1. The minimum absolute atomic E-state index is 0.183. The zero-order valence-corrected chi connectivity index (χ0v) is 17.8. The number of hydrogen-bond donors (Lipinski definition) is 2. The molecule has 31 heavy (non-hydrogen) atoms. The topological polar surface area (TPSA) is 59.6 Å². The van der Waals surface area contributed by atoms with E-state index in [1.165, 1.54) is 0 Å². The van der Waals surface area contributed by atoms with Gasteiger partial charge in [-0.15, -0.1) is 0 Å². The lowest BCUT2D eigenvalue weighted by molar-refractivity contribution is -0.139. The van der Waals surface area contributed by atoms with E-state index in [0.717, 1.165) is 11.5 Å². The fourth-order valence-electron chi connectivity index (χ4n) is 3.06. The van der Waals surface area contributed by atoms with Crippen molar-refractivity contribution in [3.05, 3.63) is 53.3 Å². The van der Waals surface area contributed by atoms with Crippen molar-refractivity contribution in [1.29, 1.82) is 0 Å². The monoisotopic (exact) mass is 438 g/mol. The molecular formula is C21H23BF4N2O3. The number of nitrogens with one attached hydrogen (secondary N) is 2. The fraction of sp³-hybridized carbons (Fsp3) is 0.381. The van der Waals surface area contributed by atoms with Gasteiger partial charge < -0.3 is 19.9 Å². The lowest BCUT2D eigenvalue weighted by Gasteiger charge is -2.32. The van der Waals surface area contributed by atoms with Crippen LogP contribution in [0.25, 0.3) is 0 Å². The quantitative estimate of drug-likeness (QED) is 0.518. The smallest absolute Gasteiger partial charge is 0.399 e. The van der Waals surface area contributed by atoms with E-state index in [2.05, 4.69) is 10.6 Å². The minimum atomic E-state index is -4.86. The molecule has 0 aliphatic carbocycles. The number of carbonyl (C=O) groups is 1. The number of halogens is 4. The van der Waals surface area contributed by atoms with Crippen LogP contribution in [0.2, 0.25) is 0 Å². The number of alkyl halides is 3. The summed E-state index contributed by atoms with van der Waals surface area (Å²) in [6, 6.07) is 6.69. The second-order valence-corrected chi connectivity index (χ2v) is 8.43. The fourth-order valence-corrected chi connectivity index (χ4v) is 3.06. The SMILES string of the molecule is Cc1cc(B2OC(C)(C)C(C)(C)O2)ccc1NC(=O)Nc1ccc(F)c(C(F)(F)F)c1. The number of anilines is 2. The Morgan fingerprint density at radius 1 is 0.968 bits per heavy atom. The highest BCUT2D eigenvalue weighted by Crippen LogP contribution is 2.37. The third-order valence-corrected chi connectivity index (χ3v) is 5.55. The maximum absolute atomic E-state index is 13.4. The summed E-state index contributed by atoms with van der Waals surface area (Å²) in [6.07, 6.45) is -4.86. The molecule has 2 aromatic rings. The van der Waals surface area contributed by atoms with Crippen LogP contribution in [0.4, 0.5) is 33.7 Å². The second-order valence-electron chi connectivity index (χ2n) is 8.43. The Kier molecular flexibility index (Phi) is 5.83. The first-order chi connectivity index (χ1) is 14.2. The van der Waals surface area contributed by atoms with Gasteiger partial charge in [-0.25, -0.2) is 9.18 Å². The molecule has 0 spiro atoms. The van der Waals surface area contributed by atoms with Crippen molar-refractivity contribution < 1.29 is 31.7 Å². The molecule has 0 saturated carbocycles. The number of urea groups is 1. The molecule has 0 atom stereocenters. The van der Waals surface area contributed by atoms with Crippen LogP contribution in [0.1, 0.15) is 38.8 Å². The van der Waals surface area contributed by atoms with E-state index in [1.807, 2.05) is 27.7 Å². The van der Waals surface area contributed by atoms with Crippen LogP contribution in [0.5, 0.6) is 0 Å². The van der Waals surface area contributed by atoms with Crippen molar-refractivity contribution >= 4 is 30.0 Å². The number of benzene rings is 2. The van der Waals surface area contributed by atoms with Gasteiger partial charge in [-0.3, -0.25) is 0 Å². The number of hydrogen-bond acceptors (Lipinski definition) is 3. The molecule has 0 radical (unpaired) electrons. The maximum Gasteiger partial charge on any atom is 0.494 e. The van der Waals surface area contributed by atoms with Gasteiger partial charge in [-0.1, -0.05) is 12.1 Å². The molecule has 10 heteroatoms. The van der Waals surface area contributed by atoms with Crippen LogP contribution in [-0.2, 0) is 15.5 Å². The summed E-state index contributed by atoms with van der Waals surface area (Å²) >= 11 is 0. The second kappa shape index (κ2) is 7.83. The van der Waals surface area contributed by atoms with E-state index < -0.39 is 41.9 Å². The Hall–Kier alpha value is -2.59. The van der Waals surface area contributed by atoms with E-state index in [1.54, 1.807) is 25.1 Å². The molecule has 5 nitrogen and oxygen atoms in total. The van der Waals surface area contributed by atoms with Gasteiger partial charge in [-0.05, 0) is 69.9 Å². The van der Waals surface area contributed by atoms with E-state index in [9.17, 15) is 22.4 Å². The lowest BCUT2D eigenvalue weighted by atomic mass is 9.78. The Labute approximate surface area is 178 Å². The van der Waals surface area contributed by atoms with Crippen molar-refractivity contribution in [2.24, 2.45) is 0 Å². The van der Waals surface area contributed by atoms with Gasteiger partial charge in [-0.2, -0.15) is 13.2 Å². The zero-order chi connectivity index (χ0) is 23.2. The van der Waals surface area contributed by atoms with Crippen LogP contribution in [-0.4, -0.2) is 24.4 Å². The van der Waals surface area contributed by atoms with Crippen LogP contribution in [0.15, 0.2) is 36.4 Å². The van der Waals surface area contributed by atoms with E-state index in [0.29, 0.717) is 23.4 Å². The first-order valence-corrected chi connectivity index (χ1v) is 9.60. The minimum Gasteiger partial charge on any atom is -0.399 e. The van der Waals surface area contributed by atoms with Crippen molar-refractivity contribution in [2.75, 3.05) is 10.6 Å². The average Bonchev–Trinajstić information content (AvgIpc) is 2.85. The van der Waals surface area contributed by atoms with Gasteiger partial charge in [0.05, 0.1) is 16.8 Å². The van der Waals surface area contributed by atoms with Gasteiger partial charge in [0, 0.05) is 11.4 Å². The molecule has 1 heterocycles. The van der Waals surface area contributed by atoms with Gasteiger partial charge in [0.15, 0.2) is 0 Å². The van der Waals surface area contributed by atoms with Gasteiger partial charge in [0.25, 0.3) is 0 Å².